The van der Waals surface area contributed by atoms with E-state index in [-0.39, 0.29) is 5.69 Å². The summed E-state index contributed by atoms with van der Waals surface area (Å²) < 4.78 is 11.8. The molecule has 0 bridgehead atoms. The molecule has 7 nitrogen and oxygen atoms in total. The number of ether oxygens (including phenoxy) is 2. The molecule has 0 amide bonds. The normalized spacial score (nSPS) is 10.5. The molecule has 0 atom stereocenters. The molecular weight excluding hydrogens is 298 g/mol. The Morgan fingerprint density at radius 2 is 2.00 bits per heavy atom. The summed E-state index contributed by atoms with van der Waals surface area (Å²) in [5.74, 6) is -0.224. The molecule has 0 spiro atoms. The molecule has 0 fully saturated rings. The lowest BCUT2D eigenvalue weighted by atomic mass is 10.2. The van der Waals surface area contributed by atoms with Crippen molar-refractivity contribution in [3.8, 4) is 17.2 Å². The van der Waals surface area contributed by atoms with Crippen LogP contribution in [0.3, 0.4) is 0 Å². The van der Waals surface area contributed by atoms with Crippen molar-refractivity contribution in [1.82, 2.24) is 15.0 Å². The molecule has 2 aromatic rings. The van der Waals surface area contributed by atoms with E-state index in [1.165, 1.54) is 18.9 Å². The molecule has 0 aliphatic carbocycles. The van der Waals surface area contributed by atoms with Gasteiger partial charge >= 0.3 is 5.97 Å². The number of carbonyl (C=O) groups is 1. The fourth-order valence-electron chi connectivity index (χ4n) is 1.99. The van der Waals surface area contributed by atoms with Gasteiger partial charge < -0.3 is 14.6 Å². The molecule has 2 rings (SSSR count). The molecule has 1 N–H and O–H groups in total. The second-order valence-corrected chi connectivity index (χ2v) is 4.52. The van der Waals surface area contributed by atoms with Crippen LogP contribution in [-0.2, 0) is 6.42 Å². The summed E-state index contributed by atoms with van der Waals surface area (Å²) in [6.45, 7) is 1.82. The third-order valence-corrected chi connectivity index (χ3v) is 3.28. The van der Waals surface area contributed by atoms with Crippen LogP contribution in [-0.4, -0.2) is 40.3 Å². The van der Waals surface area contributed by atoms with E-state index in [0.29, 0.717) is 34.3 Å². The van der Waals surface area contributed by atoms with Gasteiger partial charge in [-0.2, -0.15) is 0 Å². The first-order chi connectivity index (χ1) is 10.0. The first-order valence-corrected chi connectivity index (χ1v) is 6.51. The van der Waals surface area contributed by atoms with Crippen molar-refractivity contribution in [2.24, 2.45) is 0 Å². The molecular formula is C13H14ClN3O4. The predicted molar refractivity (Wildman–Crippen MR) is 75.8 cm³/mol. The summed E-state index contributed by atoms with van der Waals surface area (Å²) >= 11 is 6.11. The quantitative estimate of drug-likeness (QED) is 0.911. The van der Waals surface area contributed by atoms with Crippen LogP contribution in [0, 0.1) is 0 Å². The summed E-state index contributed by atoms with van der Waals surface area (Å²) in [7, 11) is 2.99. The number of nitrogens with zero attached hydrogens (tertiary/aromatic N) is 3. The maximum Gasteiger partial charge on any atom is 0.358 e. The number of hydrogen-bond donors (Lipinski definition) is 1. The van der Waals surface area contributed by atoms with Crippen molar-refractivity contribution in [2.75, 3.05) is 14.2 Å². The van der Waals surface area contributed by atoms with E-state index in [9.17, 15) is 4.79 Å². The Labute approximate surface area is 126 Å². The number of rotatable bonds is 5. The Hall–Kier alpha value is -2.28. The van der Waals surface area contributed by atoms with E-state index < -0.39 is 5.97 Å². The third-order valence-electron chi connectivity index (χ3n) is 2.98. The average molecular weight is 312 g/mol. The summed E-state index contributed by atoms with van der Waals surface area (Å²) in [5, 5.41) is 17.1. The smallest absolute Gasteiger partial charge is 0.358 e. The monoisotopic (exact) mass is 311 g/mol. The Morgan fingerprint density at radius 3 is 2.52 bits per heavy atom. The summed E-state index contributed by atoms with van der Waals surface area (Å²) in [6.07, 6.45) is 0.446. The van der Waals surface area contributed by atoms with Crippen LogP contribution in [0.15, 0.2) is 12.1 Å². The molecule has 21 heavy (non-hydrogen) atoms. The number of methoxy groups -OCH3 is 2. The fourth-order valence-corrected chi connectivity index (χ4v) is 2.22. The van der Waals surface area contributed by atoms with E-state index in [1.807, 2.05) is 6.92 Å². The van der Waals surface area contributed by atoms with Crippen LogP contribution in [0.4, 0.5) is 0 Å². The Kier molecular flexibility index (Phi) is 4.32. The van der Waals surface area contributed by atoms with Crippen molar-refractivity contribution in [1.29, 1.82) is 0 Å². The van der Waals surface area contributed by atoms with Gasteiger partial charge in [-0.3, -0.25) is 0 Å². The average Bonchev–Trinajstić information content (AvgIpc) is 2.90. The Bertz CT molecular complexity index is 684. The van der Waals surface area contributed by atoms with E-state index >= 15 is 0 Å². The largest absolute Gasteiger partial charge is 0.495 e. The van der Waals surface area contributed by atoms with Crippen molar-refractivity contribution in [3.63, 3.8) is 0 Å². The highest BCUT2D eigenvalue weighted by Gasteiger charge is 2.21. The van der Waals surface area contributed by atoms with Crippen molar-refractivity contribution < 1.29 is 19.4 Å². The number of aromatic carboxylic acids is 1. The van der Waals surface area contributed by atoms with Gasteiger partial charge in [0, 0.05) is 6.07 Å². The van der Waals surface area contributed by atoms with Gasteiger partial charge in [0.1, 0.15) is 17.2 Å². The Balaban J connectivity index is 2.66. The second kappa shape index (κ2) is 6.01. The minimum absolute atomic E-state index is 0.0912. The van der Waals surface area contributed by atoms with Gasteiger partial charge in [-0.15, -0.1) is 5.10 Å². The molecule has 112 valence electrons. The molecule has 1 aromatic heterocycles. The van der Waals surface area contributed by atoms with Crippen LogP contribution in [0.25, 0.3) is 5.69 Å². The molecule has 0 aliphatic rings. The zero-order chi connectivity index (χ0) is 15.6. The van der Waals surface area contributed by atoms with Crippen LogP contribution < -0.4 is 9.47 Å². The lowest BCUT2D eigenvalue weighted by Crippen LogP contribution is -2.07. The van der Waals surface area contributed by atoms with Crippen LogP contribution in [0.5, 0.6) is 11.5 Å². The van der Waals surface area contributed by atoms with Crippen molar-refractivity contribution in [3.05, 3.63) is 28.5 Å². The standard InChI is InChI=1S/C13H14ClN3O4/c1-4-8-12(13(18)19)15-16-17(8)9-5-7(14)10(20-2)6-11(9)21-3/h5-6H,4H2,1-3H3,(H,18,19). The number of halogens is 1. The molecule has 0 saturated carbocycles. The minimum atomic E-state index is -1.13. The number of benzene rings is 1. The fraction of sp³-hybridized carbons (Fsp3) is 0.308. The molecule has 0 aliphatic heterocycles. The third kappa shape index (κ3) is 2.64. The minimum Gasteiger partial charge on any atom is -0.495 e. The van der Waals surface area contributed by atoms with Gasteiger partial charge in [0.25, 0.3) is 0 Å². The zero-order valence-electron chi connectivity index (χ0n) is 11.8. The van der Waals surface area contributed by atoms with Gasteiger partial charge in [0.05, 0.1) is 24.9 Å². The summed E-state index contributed by atoms with van der Waals surface area (Å²) in [4.78, 5) is 11.2. The van der Waals surface area contributed by atoms with E-state index in [1.54, 1.807) is 12.1 Å². The molecule has 1 heterocycles. The lowest BCUT2D eigenvalue weighted by molar-refractivity contribution is 0.0689. The van der Waals surface area contributed by atoms with Crippen LogP contribution >= 0.6 is 11.6 Å². The highest BCUT2D eigenvalue weighted by atomic mass is 35.5. The van der Waals surface area contributed by atoms with Gasteiger partial charge in [0.2, 0.25) is 0 Å². The van der Waals surface area contributed by atoms with Gasteiger partial charge in [-0.25, -0.2) is 9.48 Å². The maximum absolute atomic E-state index is 11.2. The van der Waals surface area contributed by atoms with Crippen LogP contribution in [0.2, 0.25) is 5.02 Å². The highest BCUT2D eigenvalue weighted by Crippen LogP contribution is 2.35. The first-order valence-electron chi connectivity index (χ1n) is 6.13. The first kappa shape index (κ1) is 15.1. The van der Waals surface area contributed by atoms with Crippen LogP contribution in [0.1, 0.15) is 23.1 Å². The topological polar surface area (TPSA) is 86.5 Å². The van der Waals surface area contributed by atoms with Crippen molar-refractivity contribution in [2.45, 2.75) is 13.3 Å². The SMILES string of the molecule is CCc1c(C(=O)O)nnn1-c1cc(Cl)c(OC)cc1OC. The molecule has 0 unspecified atom stereocenters. The molecule has 0 saturated heterocycles. The molecule has 1 aromatic carbocycles. The van der Waals surface area contributed by atoms with Gasteiger partial charge in [-0.05, 0) is 12.5 Å². The molecule has 0 radical (unpaired) electrons. The number of carboxylic acid groups (broad SMARTS) is 1. The number of hydrogen-bond acceptors (Lipinski definition) is 5. The lowest BCUT2D eigenvalue weighted by Gasteiger charge is -2.13. The number of aromatic nitrogens is 3. The number of carboxylic acids is 1. The maximum atomic E-state index is 11.2. The van der Waals surface area contributed by atoms with E-state index in [2.05, 4.69) is 10.3 Å². The molecule has 8 heteroatoms. The van der Waals surface area contributed by atoms with E-state index in [4.69, 9.17) is 26.2 Å². The zero-order valence-corrected chi connectivity index (χ0v) is 12.5. The Morgan fingerprint density at radius 1 is 1.33 bits per heavy atom. The summed E-state index contributed by atoms with van der Waals surface area (Å²) in [5.41, 5.74) is 0.869. The van der Waals surface area contributed by atoms with Gasteiger partial charge in [0.15, 0.2) is 5.69 Å². The second-order valence-electron chi connectivity index (χ2n) is 4.11. The predicted octanol–water partition coefficient (Wildman–Crippen LogP) is 2.20. The highest BCUT2D eigenvalue weighted by molar-refractivity contribution is 6.32. The van der Waals surface area contributed by atoms with Gasteiger partial charge in [-0.1, -0.05) is 23.7 Å². The van der Waals surface area contributed by atoms with E-state index in [0.717, 1.165) is 0 Å². The summed E-state index contributed by atoms with van der Waals surface area (Å²) in [6, 6.07) is 3.21. The van der Waals surface area contributed by atoms with Crippen molar-refractivity contribution >= 4 is 17.6 Å².